The molecule has 1 fully saturated rings. The average molecular weight is 280 g/mol. The second kappa shape index (κ2) is 5.91. The van der Waals surface area contributed by atoms with Gasteiger partial charge in [-0.2, -0.15) is 0 Å². The summed E-state index contributed by atoms with van der Waals surface area (Å²) in [7, 11) is 0. The van der Waals surface area contributed by atoms with Crippen molar-refractivity contribution in [3.05, 3.63) is 11.8 Å². The van der Waals surface area contributed by atoms with Crippen LogP contribution in [0.3, 0.4) is 0 Å². The van der Waals surface area contributed by atoms with Crippen LogP contribution in [0.15, 0.2) is 11.8 Å². The molecule has 0 heterocycles. The molecule has 1 aliphatic rings. The number of aliphatic hydroxyl groups is 1. The number of ketones is 1. The molecule has 0 aromatic carbocycles. The van der Waals surface area contributed by atoms with E-state index in [0.29, 0.717) is 5.41 Å². The summed E-state index contributed by atoms with van der Waals surface area (Å²) in [6.07, 6.45) is 7.25. The number of hydrogen-bond donors (Lipinski definition) is 1. The molecule has 0 aromatic rings. The summed E-state index contributed by atoms with van der Waals surface area (Å²) in [5, 5.41) is 10.3. The van der Waals surface area contributed by atoms with Crippen molar-refractivity contribution in [2.24, 2.45) is 16.2 Å². The van der Waals surface area contributed by atoms with Crippen molar-refractivity contribution in [3.8, 4) is 0 Å². The molecule has 2 heteroatoms. The second-order valence-electron chi connectivity index (χ2n) is 7.89. The first-order chi connectivity index (χ1) is 9.08. The number of hydrogen-bond acceptors (Lipinski definition) is 2. The molecular weight excluding hydrogens is 248 g/mol. The minimum absolute atomic E-state index is 0.110. The van der Waals surface area contributed by atoms with Crippen molar-refractivity contribution >= 4 is 5.78 Å². The van der Waals surface area contributed by atoms with Gasteiger partial charge < -0.3 is 5.11 Å². The molecule has 0 aromatic heterocycles. The van der Waals surface area contributed by atoms with Crippen molar-refractivity contribution in [1.29, 1.82) is 0 Å². The normalized spacial score (nSPS) is 22.6. The Morgan fingerprint density at radius 2 is 1.55 bits per heavy atom. The molecule has 116 valence electrons. The highest BCUT2D eigenvalue weighted by Crippen LogP contribution is 2.46. The lowest BCUT2D eigenvalue weighted by Crippen LogP contribution is -2.35. The Kier molecular flexibility index (Phi) is 5.10. The SMILES string of the molecule is CCC(C)(CC)C(O)=CC(=O)C1(C)CCC(C)(C)CC1. The van der Waals surface area contributed by atoms with Gasteiger partial charge in [0.2, 0.25) is 0 Å². The molecular formula is C18H32O2. The standard InChI is InChI=1S/C18H32O2/c1-7-17(5,8-2)14(19)13-15(20)18(6)11-9-16(3,4)10-12-18/h13,19H,7-12H2,1-6H3. The first-order valence-electron chi connectivity index (χ1n) is 8.04. The molecule has 0 unspecified atom stereocenters. The third kappa shape index (κ3) is 3.65. The first-order valence-corrected chi connectivity index (χ1v) is 8.04. The fourth-order valence-corrected chi connectivity index (χ4v) is 2.81. The van der Waals surface area contributed by atoms with Crippen LogP contribution >= 0.6 is 0 Å². The van der Waals surface area contributed by atoms with Crippen molar-refractivity contribution < 1.29 is 9.90 Å². The topological polar surface area (TPSA) is 37.3 Å². The molecule has 0 saturated heterocycles. The molecule has 1 saturated carbocycles. The van der Waals surface area contributed by atoms with E-state index in [1.165, 1.54) is 6.08 Å². The van der Waals surface area contributed by atoms with E-state index in [0.717, 1.165) is 38.5 Å². The van der Waals surface area contributed by atoms with Gasteiger partial charge in [-0.25, -0.2) is 0 Å². The number of allylic oxidation sites excluding steroid dienone is 2. The number of carbonyl (C=O) groups excluding carboxylic acids is 1. The van der Waals surface area contributed by atoms with Crippen LogP contribution in [0.4, 0.5) is 0 Å². The molecule has 0 radical (unpaired) electrons. The Balaban J connectivity index is 2.85. The smallest absolute Gasteiger partial charge is 0.164 e. The van der Waals surface area contributed by atoms with Gasteiger partial charge in [-0.15, -0.1) is 0 Å². The van der Waals surface area contributed by atoms with Gasteiger partial charge in [-0.05, 0) is 43.9 Å². The van der Waals surface area contributed by atoms with E-state index < -0.39 is 0 Å². The monoisotopic (exact) mass is 280 g/mol. The van der Waals surface area contributed by atoms with Crippen molar-refractivity contribution in [2.75, 3.05) is 0 Å². The molecule has 1 aliphatic carbocycles. The van der Waals surface area contributed by atoms with Crippen LogP contribution in [0, 0.1) is 16.2 Å². The minimum Gasteiger partial charge on any atom is -0.512 e. The van der Waals surface area contributed by atoms with E-state index in [2.05, 4.69) is 34.6 Å². The quantitative estimate of drug-likeness (QED) is 0.538. The molecule has 1 N–H and O–H groups in total. The summed E-state index contributed by atoms with van der Waals surface area (Å²) >= 11 is 0. The first kappa shape index (κ1) is 17.3. The van der Waals surface area contributed by atoms with Gasteiger partial charge in [0.25, 0.3) is 0 Å². The summed E-state index contributed by atoms with van der Waals surface area (Å²) < 4.78 is 0. The zero-order chi connectivity index (χ0) is 15.6. The van der Waals surface area contributed by atoms with Gasteiger partial charge in [-0.1, -0.05) is 41.5 Å². The van der Waals surface area contributed by atoms with Crippen LogP contribution in [0.1, 0.15) is 80.1 Å². The molecule has 20 heavy (non-hydrogen) atoms. The van der Waals surface area contributed by atoms with Crippen molar-refractivity contribution in [3.63, 3.8) is 0 Å². The molecule has 0 spiro atoms. The largest absolute Gasteiger partial charge is 0.512 e. The lowest BCUT2D eigenvalue weighted by atomic mass is 9.64. The van der Waals surface area contributed by atoms with E-state index in [1.807, 2.05) is 6.92 Å². The summed E-state index contributed by atoms with van der Waals surface area (Å²) in [6, 6.07) is 0. The minimum atomic E-state index is -0.286. The van der Waals surface area contributed by atoms with Crippen molar-refractivity contribution in [1.82, 2.24) is 0 Å². The zero-order valence-corrected chi connectivity index (χ0v) is 14.2. The third-order valence-corrected chi connectivity index (χ3v) is 5.75. The van der Waals surface area contributed by atoms with Crippen LogP contribution < -0.4 is 0 Å². The summed E-state index contributed by atoms with van der Waals surface area (Å²) in [4.78, 5) is 12.6. The van der Waals surface area contributed by atoms with E-state index in [1.54, 1.807) is 0 Å². The fourth-order valence-electron chi connectivity index (χ4n) is 2.81. The molecule has 2 nitrogen and oxygen atoms in total. The maximum absolute atomic E-state index is 12.6. The second-order valence-corrected chi connectivity index (χ2v) is 7.89. The number of rotatable bonds is 5. The third-order valence-electron chi connectivity index (χ3n) is 5.75. The van der Waals surface area contributed by atoms with Crippen LogP contribution in [0.25, 0.3) is 0 Å². The molecule has 0 aliphatic heterocycles. The van der Waals surface area contributed by atoms with Crippen molar-refractivity contribution in [2.45, 2.75) is 80.1 Å². The van der Waals surface area contributed by atoms with E-state index >= 15 is 0 Å². The molecule has 0 atom stereocenters. The molecule has 1 rings (SSSR count). The predicted molar refractivity (Wildman–Crippen MR) is 84.8 cm³/mol. The fraction of sp³-hybridized carbons (Fsp3) is 0.833. The van der Waals surface area contributed by atoms with Gasteiger partial charge in [0.15, 0.2) is 5.78 Å². The predicted octanol–water partition coefficient (Wildman–Crippen LogP) is 5.43. The van der Waals surface area contributed by atoms with Crippen LogP contribution in [0.2, 0.25) is 0 Å². The summed E-state index contributed by atoms with van der Waals surface area (Å²) in [6.45, 7) is 12.7. The van der Waals surface area contributed by atoms with Gasteiger partial charge in [-0.3, -0.25) is 4.79 Å². The Morgan fingerprint density at radius 3 is 1.95 bits per heavy atom. The van der Waals surface area contributed by atoms with Crippen LogP contribution in [-0.4, -0.2) is 10.9 Å². The van der Waals surface area contributed by atoms with Gasteiger partial charge >= 0.3 is 0 Å². The highest BCUT2D eigenvalue weighted by atomic mass is 16.3. The Morgan fingerprint density at radius 1 is 1.10 bits per heavy atom. The zero-order valence-electron chi connectivity index (χ0n) is 14.2. The van der Waals surface area contributed by atoms with E-state index in [9.17, 15) is 9.90 Å². The van der Waals surface area contributed by atoms with Crippen LogP contribution in [-0.2, 0) is 4.79 Å². The van der Waals surface area contributed by atoms with E-state index in [-0.39, 0.29) is 22.4 Å². The highest BCUT2D eigenvalue weighted by Gasteiger charge is 2.39. The summed E-state index contributed by atoms with van der Waals surface area (Å²) in [5.41, 5.74) is -0.196. The average Bonchev–Trinajstić information content (AvgIpc) is 2.41. The number of carbonyl (C=O) groups is 1. The Bertz CT molecular complexity index is 376. The van der Waals surface area contributed by atoms with Gasteiger partial charge in [0, 0.05) is 16.9 Å². The van der Waals surface area contributed by atoms with Gasteiger partial charge in [0.05, 0.1) is 0 Å². The van der Waals surface area contributed by atoms with Gasteiger partial charge in [0.1, 0.15) is 5.76 Å². The van der Waals surface area contributed by atoms with Crippen LogP contribution in [0.5, 0.6) is 0 Å². The maximum Gasteiger partial charge on any atom is 0.164 e. The van der Waals surface area contributed by atoms with E-state index in [4.69, 9.17) is 0 Å². The Labute approximate surface area is 124 Å². The lowest BCUT2D eigenvalue weighted by Gasteiger charge is -2.40. The highest BCUT2D eigenvalue weighted by molar-refractivity contribution is 5.95. The maximum atomic E-state index is 12.6. The lowest BCUT2D eigenvalue weighted by molar-refractivity contribution is -0.126. The number of aliphatic hydroxyl groups excluding tert-OH is 1. The summed E-state index contributed by atoms with van der Waals surface area (Å²) in [5.74, 6) is 0.372. The Hall–Kier alpha value is -0.790. The molecule has 0 amide bonds. The molecule has 0 bridgehead atoms.